The summed E-state index contributed by atoms with van der Waals surface area (Å²) < 4.78 is 38.3. The summed E-state index contributed by atoms with van der Waals surface area (Å²) >= 11 is 0. The summed E-state index contributed by atoms with van der Waals surface area (Å²) in [7, 11) is 1.14. The molecule has 0 radical (unpaired) electrons. The number of nitrogens with one attached hydrogen (secondary N) is 1. The first-order valence-electron chi connectivity index (χ1n) is 15.0. The van der Waals surface area contributed by atoms with E-state index in [1.807, 2.05) is 0 Å². The first kappa shape index (κ1) is 33.3. The highest BCUT2D eigenvalue weighted by Crippen LogP contribution is 2.28. The summed E-state index contributed by atoms with van der Waals surface area (Å²) in [6, 6.07) is 3.64. The van der Waals surface area contributed by atoms with Crippen LogP contribution in [0.25, 0.3) is 0 Å². The van der Waals surface area contributed by atoms with Gasteiger partial charge in [0.15, 0.2) is 0 Å². The smallest absolute Gasteiger partial charge is 0.248 e. The van der Waals surface area contributed by atoms with Crippen LogP contribution in [0.4, 0.5) is 0 Å². The molecule has 1 saturated carbocycles. The summed E-state index contributed by atoms with van der Waals surface area (Å²) in [5.41, 5.74) is 1.24. The van der Waals surface area contributed by atoms with E-state index in [-0.39, 0.29) is 42.5 Å². The van der Waals surface area contributed by atoms with Crippen molar-refractivity contribution in [1.82, 2.24) is 19.4 Å². The van der Waals surface area contributed by atoms with Gasteiger partial charge in [0.05, 0.1) is 18.6 Å². The van der Waals surface area contributed by atoms with E-state index in [2.05, 4.69) is 10.2 Å². The molecule has 41 heavy (non-hydrogen) atoms. The monoisotopic (exact) mass is 594 g/mol. The van der Waals surface area contributed by atoms with Crippen LogP contribution in [0.3, 0.4) is 0 Å². The number of carbonyl (C=O) groups excluding carboxylic acids is 2. The van der Waals surface area contributed by atoms with E-state index >= 15 is 0 Å². The third-order valence-corrected chi connectivity index (χ3v) is 10.6. The van der Waals surface area contributed by atoms with Crippen molar-refractivity contribution in [2.75, 3.05) is 67.1 Å². The summed E-state index contributed by atoms with van der Waals surface area (Å²) in [6.07, 6.45) is 8.17. The fourth-order valence-corrected chi connectivity index (χ4v) is 7.45. The Bertz CT molecular complexity index is 1090. The van der Waals surface area contributed by atoms with Crippen LogP contribution in [0, 0.1) is 19.8 Å². The quantitative estimate of drug-likeness (QED) is 0.330. The van der Waals surface area contributed by atoms with Crippen LogP contribution in [0.2, 0.25) is 0 Å². The number of ether oxygens (including phenoxy) is 2. The fraction of sp³-hybridized carbons (Fsp3) is 0.733. The molecule has 1 aromatic carbocycles. The van der Waals surface area contributed by atoms with Crippen molar-refractivity contribution in [3.63, 3.8) is 0 Å². The van der Waals surface area contributed by atoms with Gasteiger partial charge < -0.3 is 24.6 Å². The zero-order valence-electron chi connectivity index (χ0n) is 25.6. The molecule has 232 valence electrons. The summed E-state index contributed by atoms with van der Waals surface area (Å²) in [4.78, 5) is 29.4. The SMILES string of the molecule is COc1cc(C)c(S(=O)(=O)N(C)CCOCC(=O)N(C)C[C@H]2CC[C@H](NC(=O)CCN3CCCCC3)CC2)c(C)c1. The van der Waals surface area contributed by atoms with Crippen molar-refractivity contribution in [3.8, 4) is 5.75 Å². The van der Waals surface area contributed by atoms with Gasteiger partial charge in [-0.3, -0.25) is 9.59 Å². The average molecular weight is 595 g/mol. The van der Waals surface area contributed by atoms with E-state index in [1.165, 1.54) is 30.6 Å². The van der Waals surface area contributed by atoms with Gasteiger partial charge in [-0.25, -0.2) is 8.42 Å². The lowest BCUT2D eigenvalue weighted by atomic mass is 9.85. The number of carbonyl (C=O) groups is 2. The van der Waals surface area contributed by atoms with E-state index < -0.39 is 10.0 Å². The van der Waals surface area contributed by atoms with Gasteiger partial charge in [-0.1, -0.05) is 6.42 Å². The molecule has 2 amide bonds. The summed E-state index contributed by atoms with van der Waals surface area (Å²) in [5.74, 6) is 1.05. The number of piperidine rings is 1. The van der Waals surface area contributed by atoms with E-state index in [0.29, 0.717) is 35.8 Å². The van der Waals surface area contributed by atoms with Crippen LogP contribution >= 0.6 is 0 Å². The van der Waals surface area contributed by atoms with Gasteiger partial charge in [0, 0.05) is 46.2 Å². The zero-order chi connectivity index (χ0) is 30.0. The number of aryl methyl sites for hydroxylation is 2. The van der Waals surface area contributed by atoms with Gasteiger partial charge in [0.2, 0.25) is 21.8 Å². The van der Waals surface area contributed by atoms with Gasteiger partial charge in [-0.05, 0) is 94.6 Å². The highest BCUT2D eigenvalue weighted by molar-refractivity contribution is 7.89. The lowest BCUT2D eigenvalue weighted by Crippen LogP contribution is -2.42. The molecule has 0 bridgehead atoms. The topological polar surface area (TPSA) is 108 Å². The maximum Gasteiger partial charge on any atom is 0.248 e. The number of likely N-dealkylation sites (N-methyl/N-ethyl adjacent to an activating group) is 2. The molecule has 2 aliphatic rings. The van der Waals surface area contributed by atoms with Crippen LogP contribution in [0.15, 0.2) is 17.0 Å². The Balaban J connectivity index is 1.32. The van der Waals surface area contributed by atoms with Gasteiger partial charge in [-0.2, -0.15) is 4.31 Å². The molecule has 1 saturated heterocycles. The highest BCUT2D eigenvalue weighted by atomic mass is 32.2. The molecule has 1 aliphatic heterocycles. The molecule has 0 spiro atoms. The first-order valence-corrected chi connectivity index (χ1v) is 16.4. The van der Waals surface area contributed by atoms with E-state index in [9.17, 15) is 18.0 Å². The van der Waals surface area contributed by atoms with E-state index in [0.717, 1.165) is 45.3 Å². The van der Waals surface area contributed by atoms with Crippen LogP contribution in [-0.2, 0) is 24.3 Å². The van der Waals surface area contributed by atoms with Crippen molar-refractivity contribution >= 4 is 21.8 Å². The number of benzene rings is 1. The number of hydrogen-bond acceptors (Lipinski definition) is 7. The largest absolute Gasteiger partial charge is 0.497 e. The molecule has 10 nitrogen and oxygen atoms in total. The Hall–Kier alpha value is -2.21. The summed E-state index contributed by atoms with van der Waals surface area (Å²) in [6.45, 7) is 7.39. The highest BCUT2D eigenvalue weighted by Gasteiger charge is 2.27. The molecule has 1 heterocycles. The van der Waals surface area contributed by atoms with Gasteiger partial charge in [0.25, 0.3) is 0 Å². The maximum absolute atomic E-state index is 13.1. The second-order valence-electron chi connectivity index (χ2n) is 11.7. The minimum absolute atomic E-state index is 0.0899. The Labute approximate surface area is 246 Å². The van der Waals surface area contributed by atoms with Crippen LogP contribution in [0.1, 0.15) is 62.5 Å². The van der Waals surface area contributed by atoms with Crippen molar-refractivity contribution in [2.24, 2.45) is 5.92 Å². The number of amides is 2. The fourth-order valence-electron chi connectivity index (χ4n) is 5.90. The Morgan fingerprint density at radius 3 is 2.27 bits per heavy atom. The Morgan fingerprint density at radius 2 is 1.66 bits per heavy atom. The number of likely N-dealkylation sites (tertiary alicyclic amines) is 1. The summed E-state index contributed by atoms with van der Waals surface area (Å²) in [5, 5.41) is 3.21. The third-order valence-electron chi connectivity index (χ3n) is 8.39. The molecule has 0 atom stereocenters. The molecule has 2 fully saturated rings. The predicted molar refractivity (Wildman–Crippen MR) is 160 cm³/mol. The number of nitrogens with zero attached hydrogens (tertiary/aromatic N) is 3. The Kier molecular flexibility index (Phi) is 12.9. The predicted octanol–water partition coefficient (Wildman–Crippen LogP) is 2.96. The van der Waals surface area contributed by atoms with Crippen molar-refractivity contribution in [2.45, 2.75) is 76.2 Å². The van der Waals surface area contributed by atoms with Crippen LogP contribution < -0.4 is 10.1 Å². The molecular formula is C30H50N4O6S. The average Bonchev–Trinajstić information content (AvgIpc) is 2.94. The van der Waals surface area contributed by atoms with Crippen LogP contribution in [0.5, 0.6) is 5.75 Å². The lowest BCUT2D eigenvalue weighted by Gasteiger charge is -2.32. The van der Waals surface area contributed by atoms with Crippen molar-refractivity contribution in [3.05, 3.63) is 23.3 Å². The number of rotatable bonds is 14. The minimum atomic E-state index is -3.71. The van der Waals surface area contributed by atoms with Crippen molar-refractivity contribution < 1.29 is 27.5 Å². The van der Waals surface area contributed by atoms with Gasteiger partial charge >= 0.3 is 0 Å². The molecule has 0 unspecified atom stereocenters. The van der Waals surface area contributed by atoms with E-state index in [1.54, 1.807) is 45.0 Å². The third kappa shape index (κ3) is 9.94. The number of sulfonamides is 1. The molecule has 0 aromatic heterocycles. The maximum atomic E-state index is 13.1. The molecule has 11 heteroatoms. The standard InChI is InChI=1S/C30H50N4O6S/c1-23-19-27(39-5)20-24(2)30(23)41(37,38)33(4)17-18-40-22-29(36)32(3)21-25-9-11-26(12-10-25)31-28(35)13-16-34-14-7-6-8-15-34/h19-20,25-26H,6-18,21-22H2,1-5H3,(H,31,35)/t25-,26-. The van der Waals surface area contributed by atoms with E-state index in [4.69, 9.17) is 9.47 Å². The molecular weight excluding hydrogens is 544 g/mol. The first-order chi connectivity index (χ1) is 19.5. The van der Waals surface area contributed by atoms with Gasteiger partial charge in [-0.15, -0.1) is 0 Å². The van der Waals surface area contributed by atoms with Crippen LogP contribution in [-0.4, -0.2) is 108 Å². The Morgan fingerprint density at radius 1 is 1.02 bits per heavy atom. The normalized spacial score (nSPS) is 20.1. The number of methoxy groups -OCH3 is 1. The van der Waals surface area contributed by atoms with Gasteiger partial charge in [0.1, 0.15) is 12.4 Å². The lowest BCUT2D eigenvalue weighted by molar-refractivity contribution is -0.135. The zero-order valence-corrected chi connectivity index (χ0v) is 26.4. The second kappa shape index (κ2) is 15.9. The molecule has 3 rings (SSSR count). The second-order valence-corrected chi connectivity index (χ2v) is 13.7. The molecule has 1 N–H and O–H groups in total. The molecule has 1 aromatic rings. The molecule has 1 aliphatic carbocycles. The number of hydrogen-bond donors (Lipinski definition) is 1. The van der Waals surface area contributed by atoms with Crippen molar-refractivity contribution in [1.29, 1.82) is 0 Å². The minimum Gasteiger partial charge on any atom is -0.497 e.